The molecule has 2 aromatic rings. The van der Waals surface area contributed by atoms with Crippen molar-refractivity contribution in [3.05, 3.63) is 42.0 Å². The average Bonchev–Trinajstić information content (AvgIpc) is 3.29. The van der Waals surface area contributed by atoms with Gasteiger partial charge in [-0.25, -0.2) is 13.1 Å². The predicted octanol–water partition coefficient (Wildman–Crippen LogP) is 2.90. The minimum Gasteiger partial charge on any atom is -0.486 e. The van der Waals surface area contributed by atoms with Gasteiger partial charge in [0.15, 0.2) is 23.0 Å². The summed E-state index contributed by atoms with van der Waals surface area (Å²) < 4.78 is 49.1. The SMILES string of the molecule is C[C@@H](NC(=O)CCCCCNS(=O)(=O)c1ccc2c(c1)OCCO2)c1ccc2c(c1)OCO2. The molecule has 2 aliphatic heterocycles. The van der Waals surface area contributed by atoms with Crippen molar-refractivity contribution in [3.63, 3.8) is 0 Å². The number of fused-ring (bicyclic) bond motifs is 2. The molecule has 0 bridgehead atoms. The maximum Gasteiger partial charge on any atom is 0.240 e. The third-order valence-corrected chi connectivity index (χ3v) is 6.93. The van der Waals surface area contributed by atoms with Crippen molar-refractivity contribution >= 4 is 15.9 Å². The number of unbranched alkanes of at least 4 members (excludes halogenated alkanes) is 2. The Bertz CT molecular complexity index is 1100. The fourth-order valence-electron chi connectivity index (χ4n) is 3.65. The van der Waals surface area contributed by atoms with E-state index in [1.54, 1.807) is 6.07 Å². The fraction of sp³-hybridized carbons (Fsp3) is 0.435. The van der Waals surface area contributed by atoms with Crippen LogP contribution in [0, 0.1) is 0 Å². The normalized spacial score (nSPS) is 15.2. The van der Waals surface area contributed by atoms with E-state index in [9.17, 15) is 13.2 Å². The Morgan fingerprint density at radius 1 is 0.909 bits per heavy atom. The van der Waals surface area contributed by atoms with Gasteiger partial charge >= 0.3 is 0 Å². The van der Waals surface area contributed by atoms with E-state index < -0.39 is 10.0 Å². The molecular weight excluding hydrogens is 448 g/mol. The summed E-state index contributed by atoms with van der Waals surface area (Å²) in [4.78, 5) is 12.4. The van der Waals surface area contributed by atoms with Gasteiger partial charge in [-0.05, 0) is 49.6 Å². The van der Waals surface area contributed by atoms with Crippen LogP contribution in [0.25, 0.3) is 0 Å². The van der Waals surface area contributed by atoms with E-state index in [2.05, 4.69) is 10.0 Å². The van der Waals surface area contributed by atoms with E-state index in [0.717, 1.165) is 12.0 Å². The third-order valence-electron chi connectivity index (χ3n) is 5.47. The van der Waals surface area contributed by atoms with Gasteiger partial charge in [-0.15, -0.1) is 0 Å². The largest absolute Gasteiger partial charge is 0.486 e. The highest BCUT2D eigenvalue weighted by molar-refractivity contribution is 7.89. The quantitative estimate of drug-likeness (QED) is 0.507. The Morgan fingerprint density at radius 3 is 2.45 bits per heavy atom. The number of hydrogen-bond donors (Lipinski definition) is 2. The molecular formula is C23H28N2O7S. The van der Waals surface area contributed by atoms with Crippen molar-refractivity contribution in [1.82, 2.24) is 10.0 Å². The highest BCUT2D eigenvalue weighted by atomic mass is 32.2. The van der Waals surface area contributed by atoms with Crippen LogP contribution in [0.4, 0.5) is 0 Å². The van der Waals surface area contributed by atoms with Crippen molar-refractivity contribution in [3.8, 4) is 23.0 Å². The van der Waals surface area contributed by atoms with Gasteiger partial charge in [0.05, 0.1) is 10.9 Å². The van der Waals surface area contributed by atoms with Crippen molar-refractivity contribution in [2.24, 2.45) is 0 Å². The van der Waals surface area contributed by atoms with Crippen molar-refractivity contribution in [1.29, 1.82) is 0 Å². The molecule has 9 nitrogen and oxygen atoms in total. The molecule has 178 valence electrons. The first kappa shape index (κ1) is 23.2. The first-order chi connectivity index (χ1) is 15.9. The van der Waals surface area contributed by atoms with Gasteiger partial charge in [-0.3, -0.25) is 4.79 Å². The number of sulfonamides is 1. The van der Waals surface area contributed by atoms with E-state index >= 15 is 0 Å². The van der Waals surface area contributed by atoms with Gasteiger partial charge in [0.25, 0.3) is 0 Å². The van der Waals surface area contributed by atoms with Crippen LogP contribution in [-0.2, 0) is 14.8 Å². The number of carbonyl (C=O) groups is 1. The molecule has 0 aliphatic carbocycles. The zero-order chi connectivity index (χ0) is 23.3. The van der Waals surface area contributed by atoms with Gasteiger partial charge in [0.2, 0.25) is 22.7 Å². The zero-order valence-corrected chi connectivity index (χ0v) is 19.3. The topological polar surface area (TPSA) is 112 Å². The molecule has 1 amide bonds. The van der Waals surface area contributed by atoms with Crippen LogP contribution < -0.4 is 29.0 Å². The summed E-state index contributed by atoms with van der Waals surface area (Å²) in [6.45, 7) is 3.28. The molecule has 0 saturated carbocycles. The fourth-order valence-corrected chi connectivity index (χ4v) is 4.74. The number of carbonyl (C=O) groups excluding carboxylic acids is 1. The molecule has 2 N–H and O–H groups in total. The molecule has 0 fully saturated rings. The van der Waals surface area contributed by atoms with Gasteiger partial charge < -0.3 is 24.3 Å². The Labute approximate surface area is 193 Å². The third kappa shape index (κ3) is 5.88. The molecule has 4 rings (SSSR count). The van der Waals surface area contributed by atoms with Crippen molar-refractivity contribution in [2.45, 2.75) is 43.5 Å². The Hall–Kier alpha value is -2.98. The van der Waals surface area contributed by atoms with Crippen LogP contribution in [0.1, 0.15) is 44.2 Å². The minimum atomic E-state index is -3.63. The number of rotatable bonds is 10. The maximum atomic E-state index is 12.5. The van der Waals surface area contributed by atoms with Crippen LogP contribution in [0.3, 0.4) is 0 Å². The summed E-state index contributed by atoms with van der Waals surface area (Å²) in [6.07, 6.45) is 2.42. The average molecular weight is 477 g/mol. The summed E-state index contributed by atoms with van der Waals surface area (Å²) >= 11 is 0. The van der Waals surface area contributed by atoms with E-state index in [4.69, 9.17) is 18.9 Å². The summed E-state index contributed by atoms with van der Waals surface area (Å²) in [5, 5.41) is 2.98. The number of ether oxygens (including phenoxy) is 4. The molecule has 2 aliphatic rings. The monoisotopic (exact) mass is 476 g/mol. The molecule has 2 aromatic carbocycles. The highest BCUT2D eigenvalue weighted by Crippen LogP contribution is 2.34. The molecule has 0 aromatic heterocycles. The predicted molar refractivity (Wildman–Crippen MR) is 120 cm³/mol. The second kappa shape index (κ2) is 10.3. The van der Waals surface area contributed by atoms with E-state index in [0.29, 0.717) is 62.0 Å². The smallest absolute Gasteiger partial charge is 0.240 e. The Morgan fingerprint density at radius 2 is 1.61 bits per heavy atom. The van der Waals surface area contributed by atoms with Crippen LogP contribution >= 0.6 is 0 Å². The van der Waals surface area contributed by atoms with Crippen LogP contribution in [-0.4, -0.2) is 40.9 Å². The molecule has 0 radical (unpaired) electrons. The summed E-state index contributed by atoms with van der Waals surface area (Å²) in [5.41, 5.74) is 0.946. The number of amides is 1. The second-order valence-electron chi connectivity index (χ2n) is 7.92. The molecule has 1 atom stereocenters. The van der Waals surface area contributed by atoms with Crippen LogP contribution in [0.15, 0.2) is 41.3 Å². The summed E-state index contributed by atoms with van der Waals surface area (Å²) in [7, 11) is -3.63. The standard InChI is InChI=1S/C23H28N2O7S/c1-16(17-6-8-20-21(13-17)32-15-31-20)25-23(26)5-3-2-4-10-24-33(27,28)18-7-9-19-22(14-18)30-12-11-29-19/h6-9,13-14,16,24H,2-5,10-12,15H2,1H3,(H,25,26)/t16-/m1/s1. The van der Waals surface area contributed by atoms with E-state index in [1.165, 1.54) is 12.1 Å². The van der Waals surface area contributed by atoms with E-state index in [-0.39, 0.29) is 23.6 Å². The van der Waals surface area contributed by atoms with Crippen LogP contribution in [0.5, 0.6) is 23.0 Å². The zero-order valence-electron chi connectivity index (χ0n) is 18.5. The first-order valence-electron chi connectivity index (χ1n) is 11.0. The van der Waals surface area contributed by atoms with Gasteiger partial charge in [-0.2, -0.15) is 0 Å². The molecule has 10 heteroatoms. The molecule has 0 saturated heterocycles. The number of nitrogens with one attached hydrogen (secondary N) is 2. The number of hydrogen-bond acceptors (Lipinski definition) is 7. The molecule has 0 unspecified atom stereocenters. The van der Waals surface area contributed by atoms with Gasteiger partial charge in [-0.1, -0.05) is 12.5 Å². The number of benzene rings is 2. The minimum absolute atomic E-state index is 0.0444. The van der Waals surface area contributed by atoms with E-state index in [1.807, 2.05) is 25.1 Å². The van der Waals surface area contributed by atoms with Crippen LogP contribution in [0.2, 0.25) is 0 Å². The lowest BCUT2D eigenvalue weighted by molar-refractivity contribution is -0.121. The maximum absolute atomic E-state index is 12.5. The molecule has 2 heterocycles. The first-order valence-corrected chi connectivity index (χ1v) is 12.5. The molecule has 33 heavy (non-hydrogen) atoms. The second-order valence-corrected chi connectivity index (χ2v) is 9.68. The van der Waals surface area contributed by atoms with Crippen molar-refractivity contribution < 1.29 is 32.2 Å². The van der Waals surface area contributed by atoms with Gasteiger partial charge in [0.1, 0.15) is 13.2 Å². The lowest BCUT2D eigenvalue weighted by Gasteiger charge is -2.18. The Kier molecular flexibility index (Phi) is 7.24. The summed E-state index contributed by atoms with van der Waals surface area (Å²) in [6, 6.07) is 10.1. The van der Waals surface area contributed by atoms with Gasteiger partial charge in [0, 0.05) is 19.0 Å². The van der Waals surface area contributed by atoms with Crippen molar-refractivity contribution in [2.75, 3.05) is 26.6 Å². The Balaban J connectivity index is 1.15. The lowest BCUT2D eigenvalue weighted by atomic mass is 10.1. The highest BCUT2D eigenvalue weighted by Gasteiger charge is 2.19. The lowest BCUT2D eigenvalue weighted by Crippen LogP contribution is -2.26. The summed E-state index contributed by atoms with van der Waals surface area (Å²) in [5.74, 6) is 2.34. The molecule has 0 spiro atoms.